The first-order chi connectivity index (χ1) is 10.3. The minimum absolute atomic E-state index is 1.29. The van der Waals surface area contributed by atoms with Gasteiger partial charge in [0, 0.05) is 26.9 Å². The van der Waals surface area contributed by atoms with Gasteiger partial charge in [-0.3, -0.25) is 0 Å². The van der Waals surface area contributed by atoms with Crippen LogP contribution >= 0.6 is 11.3 Å². The molecule has 0 spiro atoms. The smallest absolute Gasteiger partial charge is 0.0570 e. The SMILES string of the molecule is Cc1cccc2c3cscc3c3cc4ccccc4n3c12. The Balaban J connectivity index is 2.28. The molecule has 0 bridgehead atoms. The maximum Gasteiger partial charge on any atom is 0.0570 e. The summed E-state index contributed by atoms with van der Waals surface area (Å²) in [6.45, 7) is 2.20. The van der Waals surface area contributed by atoms with E-state index in [9.17, 15) is 0 Å². The lowest BCUT2D eigenvalue weighted by Gasteiger charge is -2.09. The Labute approximate surface area is 126 Å². The fraction of sp³-hybridized carbons (Fsp3) is 0.0526. The van der Waals surface area contributed by atoms with Crippen molar-refractivity contribution in [1.82, 2.24) is 4.40 Å². The van der Waals surface area contributed by atoms with Crippen LogP contribution in [0.5, 0.6) is 0 Å². The van der Waals surface area contributed by atoms with Crippen molar-refractivity contribution in [3.05, 3.63) is 64.9 Å². The summed E-state index contributed by atoms with van der Waals surface area (Å²) in [5.74, 6) is 0. The van der Waals surface area contributed by atoms with Crippen LogP contribution in [0.4, 0.5) is 0 Å². The highest BCUT2D eigenvalue weighted by atomic mass is 32.1. The largest absolute Gasteiger partial charge is 0.308 e. The van der Waals surface area contributed by atoms with E-state index in [2.05, 4.69) is 70.6 Å². The topological polar surface area (TPSA) is 4.41 Å². The van der Waals surface area contributed by atoms with E-state index >= 15 is 0 Å². The standard InChI is InChI=1S/C19H13NS/c1-12-5-4-7-14-15-10-21-11-16(15)18-9-13-6-2-3-8-17(13)20(18)19(12)14/h2-11H,1H3. The number of rotatable bonds is 0. The van der Waals surface area contributed by atoms with Gasteiger partial charge in [0.25, 0.3) is 0 Å². The van der Waals surface area contributed by atoms with Gasteiger partial charge in [0.2, 0.25) is 0 Å². The minimum atomic E-state index is 1.29. The van der Waals surface area contributed by atoms with E-state index in [1.54, 1.807) is 11.3 Å². The summed E-state index contributed by atoms with van der Waals surface area (Å²) >= 11 is 1.78. The molecule has 0 atom stereocenters. The van der Waals surface area contributed by atoms with E-state index in [1.807, 2.05) is 0 Å². The third-order valence-electron chi connectivity index (χ3n) is 4.40. The van der Waals surface area contributed by atoms with E-state index in [0.29, 0.717) is 0 Å². The van der Waals surface area contributed by atoms with Crippen molar-refractivity contribution in [2.45, 2.75) is 6.92 Å². The lowest BCUT2D eigenvalue weighted by atomic mass is 10.1. The molecule has 0 N–H and O–H groups in total. The molecule has 100 valence electrons. The fourth-order valence-corrected chi connectivity index (χ4v) is 4.31. The number of para-hydroxylation sites is 2. The molecule has 0 aliphatic heterocycles. The molecule has 0 aliphatic rings. The number of aryl methyl sites for hydroxylation is 1. The Morgan fingerprint density at radius 1 is 0.810 bits per heavy atom. The average molecular weight is 287 g/mol. The molecule has 0 aliphatic carbocycles. The van der Waals surface area contributed by atoms with Crippen molar-refractivity contribution in [1.29, 1.82) is 0 Å². The molecule has 0 saturated heterocycles. The Morgan fingerprint density at radius 3 is 2.62 bits per heavy atom. The van der Waals surface area contributed by atoms with E-state index in [4.69, 9.17) is 0 Å². The summed E-state index contributed by atoms with van der Waals surface area (Å²) in [5, 5.41) is 9.92. The van der Waals surface area contributed by atoms with Crippen molar-refractivity contribution >= 4 is 49.4 Å². The van der Waals surface area contributed by atoms with Crippen molar-refractivity contribution in [2.75, 3.05) is 0 Å². The predicted octanol–water partition coefficient (Wildman–Crippen LogP) is 5.77. The second-order valence-electron chi connectivity index (χ2n) is 5.59. The summed E-state index contributed by atoms with van der Waals surface area (Å²) in [6.07, 6.45) is 0. The van der Waals surface area contributed by atoms with Crippen molar-refractivity contribution in [2.24, 2.45) is 0 Å². The number of pyridine rings is 1. The molecule has 1 nitrogen and oxygen atoms in total. The highest BCUT2D eigenvalue weighted by Gasteiger charge is 2.13. The van der Waals surface area contributed by atoms with Gasteiger partial charge in [-0.05, 0) is 30.0 Å². The third-order valence-corrected chi connectivity index (χ3v) is 5.14. The second kappa shape index (κ2) is 3.86. The first kappa shape index (κ1) is 11.4. The molecule has 0 unspecified atom stereocenters. The number of fused-ring (bicyclic) bond motifs is 8. The van der Waals surface area contributed by atoms with E-state index in [-0.39, 0.29) is 0 Å². The molecule has 0 radical (unpaired) electrons. The molecule has 0 fully saturated rings. The van der Waals surface area contributed by atoms with Gasteiger partial charge in [-0.15, -0.1) is 0 Å². The number of nitrogens with zero attached hydrogens (tertiary/aromatic N) is 1. The molecule has 2 heteroatoms. The van der Waals surface area contributed by atoms with Crippen LogP contribution in [0, 0.1) is 6.92 Å². The number of hydrogen-bond acceptors (Lipinski definition) is 1. The molecule has 5 aromatic rings. The summed E-state index contributed by atoms with van der Waals surface area (Å²) in [6, 6.07) is 17.6. The lowest BCUT2D eigenvalue weighted by Crippen LogP contribution is -1.91. The third kappa shape index (κ3) is 1.35. The Kier molecular flexibility index (Phi) is 2.09. The second-order valence-corrected chi connectivity index (χ2v) is 6.34. The van der Waals surface area contributed by atoms with Crippen LogP contribution < -0.4 is 0 Å². The number of benzene rings is 2. The van der Waals surface area contributed by atoms with Crippen molar-refractivity contribution < 1.29 is 0 Å². The van der Waals surface area contributed by atoms with E-state index < -0.39 is 0 Å². The van der Waals surface area contributed by atoms with Gasteiger partial charge in [0.05, 0.1) is 16.6 Å². The zero-order chi connectivity index (χ0) is 14.0. The normalized spacial score (nSPS) is 12.0. The average Bonchev–Trinajstić information content (AvgIpc) is 3.11. The number of hydrogen-bond donors (Lipinski definition) is 0. The van der Waals surface area contributed by atoms with Gasteiger partial charge >= 0.3 is 0 Å². The summed E-state index contributed by atoms with van der Waals surface area (Å²) in [4.78, 5) is 0. The monoisotopic (exact) mass is 287 g/mol. The van der Waals surface area contributed by atoms with E-state index in [1.165, 1.54) is 43.7 Å². The number of thiophene rings is 1. The molecule has 2 aromatic carbocycles. The van der Waals surface area contributed by atoms with Crippen molar-refractivity contribution in [3.8, 4) is 0 Å². The molecule has 0 saturated carbocycles. The van der Waals surface area contributed by atoms with E-state index in [0.717, 1.165) is 0 Å². The van der Waals surface area contributed by atoms with Crippen LogP contribution in [0.2, 0.25) is 0 Å². The van der Waals surface area contributed by atoms with Crippen LogP contribution in [0.15, 0.2) is 59.3 Å². The first-order valence-corrected chi connectivity index (χ1v) is 8.06. The number of aromatic nitrogens is 1. The Morgan fingerprint density at radius 2 is 1.67 bits per heavy atom. The highest BCUT2D eigenvalue weighted by Crippen LogP contribution is 2.36. The summed E-state index contributed by atoms with van der Waals surface area (Å²) < 4.78 is 2.43. The maximum atomic E-state index is 2.43. The zero-order valence-corrected chi connectivity index (χ0v) is 12.4. The van der Waals surface area contributed by atoms with Gasteiger partial charge in [-0.1, -0.05) is 36.4 Å². The molecule has 3 heterocycles. The van der Waals surface area contributed by atoms with Crippen LogP contribution in [0.1, 0.15) is 5.56 Å². The molecule has 21 heavy (non-hydrogen) atoms. The van der Waals surface area contributed by atoms with Gasteiger partial charge in [0.15, 0.2) is 0 Å². The minimum Gasteiger partial charge on any atom is -0.308 e. The van der Waals surface area contributed by atoms with Gasteiger partial charge in [-0.2, -0.15) is 11.3 Å². The van der Waals surface area contributed by atoms with Crippen LogP contribution in [0.3, 0.4) is 0 Å². The summed E-state index contributed by atoms with van der Waals surface area (Å²) in [5.41, 5.74) is 5.26. The predicted molar refractivity (Wildman–Crippen MR) is 92.5 cm³/mol. The fourth-order valence-electron chi connectivity index (χ4n) is 3.47. The van der Waals surface area contributed by atoms with Crippen LogP contribution in [-0.2, 0) is 0 Å². The van der Waals surface area contributed by atoms with Gasteiger partial charge in [0.1, 0.15) is 0 Å². The van der Waals surface area contributed by atoms with Crippen molar-refractivity contribution in [3.63, 3.8) is 0 Å². The molecule has 3 aromatic heterocycles. The zero-order valence-electron chi connectivity index (χ0n) is 11.6. The Hall–Kier alpha value is -2.32. The quantitative estimate of drug-likeness (QED) is 0.340. The Bertz CT molecular complexity index is 1140. The van der Waals surface area contributed by atoms with Crippen LogP contribution in [-0.4, -0.2) is 4.40 Å². The van der Waals surface area contributed by atoms with Crippen LogP contribution in [0.25, 0.3) is 38.1 Å². The molecule has 0 amide bonds. The summed E-state index contributed by atoms with van der Waals surface area (Å²) in [7, 11) is 0. The lowest BCUT2D eigenvalue weighted by molar-refractivity contribution is 1.32. The maximum absolute atomic E-state index is 2.43. The first-order valence-electron chi connectivity index (χ1n) is 7.12. The highest BCUT2D eigenvalue weighted by molar-refractivity contribution is 7.09. The molecule has 5 rings (SSSR count). The molecular weight excluding hydrogens is 274 g/mol. The van der Waals surface area contributed by atoms with Gasteiger partial charge in [-0.25, -0.2) is 0 Å². The molecular formula is C19H13NS. The van der Waals surface area contributed by atoms with Gasteiger partial charge < -0.3 is 4.40 Å².